The smallest absolute Gasteiger partial charge is 0.191 e. The molecule has 0 aromatic carbocycles. The molecule has 0 bridgehead atoms. The van der Waals surface area contributed by atoms with Gasteiger partial charge in [0.25, 0.3) is 0 Å². The molecule has 5 nitrogen and oxygen atoms in total. The van der Waals surface area contributed by atoms with E-state index in [0.29, 0.717) is 0 Å². The van der Waals surface area contributed by atoms with Gasteiger partial charge < -0.3 is 15.4 Å². The van der Waals surface area contributed by atoms with Gasteiger partial charge in [-0.05, 0) is 33.2 Å². The van der Waals surface area contributed by atoms with Crippen LogP contribution in [0.3, 0.4) is 0 Å². The molecule has 0 atom stereocenters. The number of guanidine groups is 1. The van der Waals surface area contributed by atoms with Gasteiger partial charge in [-0.3, -0.25) is 9.89 Å². The van der Waals surface area contributed by atoms with E-state index in [1.54, 1.807) is 14.2 Å². The molecule has 0 radical (unpaired) electrons. The Balaban J connectivity index is 2.21. The maximum atomic E-state index is 5.38. The molecule has 0 aliphatic heterocycles. The van der Waals surface area contributed by atoms with Crippen molar-refractivity contribution in [2.45, 2.75) is 45.3 Å². The Bertz CT molecular complexity index is 287. The van der Waals surface area contributed by atoms with Crippen molar-refractivity contribution in [2.24, 2.45) is 4.99 Å². The lowest BCUT2D eigenvalue weighted by Gasteiger charge is -2.25. The van der Waals surface area contributed by atoms with Gasteiger partial charge in [0, 0.05) is 39.8 Å². The van der Waals surface area contributed by atoms with Crippen LogP contribution < -0.4 is 10.6 Å². The van der Waals surface area contributed by atoms with Crippen molar-refractivity contribution in [3.63, 3.8) is 0 Å². The fourth-order valence-corrected chi connectivity index (χ4v) is 1.95. The van der Waals surface area contributed by atoms with Crippen LogP contribution >= 0.6 is 0 Å². The zero-order chi connectivity index (χ0) is 14.3. The summed E-state index contributed by atoms with van der Waals surface area (Å²) in [4.78, 5) is 6.76. The molecule has 19 heavy (non-hydrogen) atoms. The van der Waals surface area contributed by atoms with Crippen molar-refractivity contribution in [2.75, 3.05) is 40.3 Å². The molecule has 0 unspecified atom stereocenters. The summed E-state index contributed by atoms with van der Waals surface area (Å²) in [5.41, 5.74) is -0.179. The number of ether oxygens (including phenoxy) is 1. The van der Waals surface area contributed by atoms with Crippen molar-refractivity contribution in [1.29, 1.82) is 0 Å². The maximum absolute atomic E-state index is 5.38. The van der Waals surface area contributed by atoms with Crippen molar-refractivity contribution in [1.82, 2.24) is 15.5 Å². The summed E-state index contributed by atoms with van der Waals surface area (Å²) in [5, 5.41) is 6.65. The molecule has 1 fully saturated rings. The monoisotopic (exact) mass is 270 g/mol. The third-order valence-corrected chi connectivity index (χ3v) is 3.62. The normalized spacial score (nSPS) is 16.8. The summed E-state index contributed by atoms with van der Waals surface area (Å²) >= 11 is 0. The van der Waals surface area contributed by atoms with Gasteiger partial charge in [0.05, 0.1) is 5.60 Å². The lowest BCUT2D eigenvalue weighted by Crippen LogP contribution is -2.47. The predicted molar refractivity (Wildman–Crippen MR) is 80.7 cm³/mol. The Morgan fingerprint density at radius 3 is 2.53 bits per heavy atom. The molecular weight excluding hydrogens is 240 g/mol. The van der Waals surface area contributed by atoms with Crippen LogP contribution in [0.15, 0.2) is 4.99 Å². The van der Waals surface area contributed by atoms with E-state index in [-0.39, 0.29) is 5.60 Å². The number of nitrogens with one attached hydrogen (secondary N) is 2. The van der Waals surface area contributed by atoms with Crippen LogP contribution in [0, 0.1) is 0 Å². The minimum Gasteiger partial charge on any atom is -0.377 e. The molecule has 0 amide bonds. The third-order valence-electron chi connectivity index (χ3n) is 3.62. The molecule has 0 aromatic rings. The molecule has 1 aliphatic carbocycles. The number of hydrogen-bond acceptors (Lipinski definition) is 3. The van der Waals surface area contributed by atoms with E-state index in [1.807, 2.05) is 0 Å². The van der Waals surface area contributed by atoms with E-state index in [2.05, 4.69) is 41.3 Å². The highest BCUT2D eigenvalue weighted by atomic mass is 16.5. The minimum absolute atomic E-state index is 0.179. The van der Waals surface area contributed by atoms with E-state index >= 15 is 0 Å². The van der Waals surface area contributed by atoms with Crippen LogP contribution in [0.25, 0.3) is 0 Å². The topological polar surface area (TPSA) is 48.9 Å². The van der Waals surface area contributed by atoms with E-state index in [1.165, 1.54) is 12.8 Å². The van der Waals surface area contributed by atoms with Gasteiger partial charge in [-0.15, -0.1) is 0 Å². The Labute approximate surface area is 117 Å². The molecule has 1 aliphatic rings. The fourth-order valence-electron chi connectivity index (χ4n) is 1.95. The first-order valence-corrected chi connectivity index (χ1v) is 7.26. The van der Waals surface area contributed by atoms with Crippen LogP contribution in [-0.4, -0.2) is 62.8 Å². The Morgan fingerprint density at radius 2 is 2.05 bits per heavy atom. The minimum atomic E-state index is -0.179. The van der Waals surface area contributed by atoms with Gasteiger partial charge >= 0.3 is 0 Å². The van der Waals surface area contributed by atoms with Crippen molar-refractivity contribution in [3.05, 3.63) is 0 Å². The second-order valence-electron chi connectivity index (χ2n) is 5.68. The third kappa shape index (κ3) is 6.25. The van der Waals surface area contributed by atoms with Gasteiger partial charge in [0.15, 0.2) is 5.96 Å². The zero-order valence-corrected chi connectivity index (χ0v) is 13.1. The highest BCUT2D eigenvalue weighted by molar-refractivity contribution is 5.79. The largest absolute Gasteiger partial charge is 0.377 e. The molecule has 5 heteroatoms. The molecule has 0 spiro atoms. The van der Waals surface area contributed by atoms with Crippen LogP contribution in [0.1, 0.15) is 33.6 Å². The second-order valence-corrected chi connectivity index (χ2v) is 5.68. The number of nitrogens with zero attached hydrogens (tertiary/aromatic N) is 2. The fraction of sp³-hybridized carbons (Fsp3) is 0.929. The summed E-state index contributed by atoms with van der Waals surface area (Å²) in [6, 6.07) is 0.828. The second kappa shape index (κ2) is 7.70. The van der Waals surface area contributed by atoms with Gasteiger partial charge in [-0.2, -0.15) is 0 Å². The van der Waals surface area contributed by atoms with Gasteiger partial charge in [0.2, 0.25) is 0 Å². The highest BCUT2D eigenvalue weighted by Crippen LogP contribution is 2.25. The first-order chi connectivity index (χ1) is 9.02. The number of aliphatic imine (C=N–C) groups is 1. The molecular formula is C14H30N4O. The number of hydrogen-bond donors (Lipinski definition) is 2. The van der Waals surface area contributed by atoms with E-state index in [4.69, 9.17) is 4.74 Å². The van der Waals surface area contributed by atoms with Crippen molar-refractivity contribution < 1.29 is 4.74 Å². The van der Waals surface area contributed by atoms with Crippen LogP contribution in [0.2, 0.25) is 0 Å². The summed E-state index contributed by atoms with van der Waals surface area (Å²) in [5.74, 6) is 0.844. The lowest BCUT2D eigenvalue weighted by atomic mass is 10.1. The Morgan fingerprint density at radius 1 is 1.37 bits per heavy atom. The van der Waals surface area contributed by atoms with Gasteiger partial charge in [-0.1, -0.05) is 6.92 Å². The first-order valence-electron chi connectivity index (χ1n) is 7.26. The molecule has 2 N–H and O–H groups in total. The SMILES string of the molecule is CCN(CCNC(=NC)NCC(C)(C)OC)C1CC1. The summed E-state index contributed by atoms with van der Waals surface area (Å²) in [6.45, 7) is 10.2. The summed E-state index contributed by atoms with van der Waals surface area (Å²) in [6.07, 6.45) is 2.73. The molecule has 0 heterocycles. The standard InChI is InChI=1S/C14H30N4O/c1-6-18(12-7-8-12)10-9-16-13(15-4)17-11-14(2,3)19-5/h12H,6-11H2,1-5H3,(H2,15,16,17). The summed E-state index contributed by atoms with van der Waals surface area (Å²) < 4.78 is 5.38. The average Bonchev–Trinajstić information content (AvgIpc) is 3.22. The predicted octanol–water partition coefficient (Wildman–Crippen LogP) is 1.06. The Hall–Kier alpha value is -0.810. The zero-order valence-electron chi connectivity index (χ0n) is 13.1. The van der Waals surface area contributed by atoms with Crippen molar-refractivity contribution in [3.8, 4) is 0 Å². The quantitative estimate of drug-likeness (QED) is 0.511. The maximum Gasteiger partial charge on any atom is 0.191 e. The number of likely N-dealkylation sites (N-methyl/N-ethyl adjacent to an activating group) is 1. The molecule has 1 rings (SSSR count). The van der Waals surface area contributed by atoms with Crippen LogP contribution in [0.5, 0.6) is 0 Å². The van der Waals surface area contributed by atoms with Crippen LogP contribution in [-0.2, 0) is 4.74 Å². The summed E-state index contributed by atoms with van der Waals surface area (Å²) in [7, 11) is 3.53. The van der Waals surface area contributed by atoms with Gasteiger partial charge in [-0.25, -0.2) is 0 Å². The first kappa shape index (κ1) is 16.2. The van der Waals surface area contributed by atoms with E-state index in [0.717, 1.165) is 38.2 Å². The van der Waals surface area contributed by atoms with E-state index < -0.39 is 0 Å². The van der Waals surface area contributed by atoms with Gasteiger partial charge in [0.1, 0.15) is 0 Å². The van der Waals surface area contributed by atoms with Crippen LogP contribution in [0.4, 0.5) is 0 Å². The molecule has 1 saturated carbocycles. The number of rotatable bonds is 8. The highest BCUT2D eigenvalue weighted by Gasteiger charge is 2.27. The molecule has 112 valence electrons. The van der Waals surface area contributed by atoms with E-state index in [9.17, 15) is 0 Å². The van der Waals surface area contributed by atoms with Crippen molar-refractivity contribution >= 4 is 5.96 Å². The average molecular weight is 270 g/mol. The Kier molecular flexibility index (Phi) is 6.58. The molecule has 0 aromatic heterocycles. The lowest BCUT2D eigenvalue weighted by molar-refractivity contribution is 0.0268. The molecule has 0 saturated heterocycles. The number of methoxy groups -OCH3 is 1.